The molecule has 0 bridgehead atoms. The molecule has 1 aromatic carbocycles. The number of thiophene rings is 1. The Morgan fingerprint density at radius 3 is 2.44 bits per heavy atom. The average Bonchev–Trinajstić information content (AvgIpc) is 3.36. The number of benzene rings is 1. The van der Waals surface area contributed by atoms with Crippen LogP contribution in [0.4, 0.5) is 4.79 Å². The van der Waals surface area contributed by atoms with Crippen molar-refractivity contribution in [3.05, 3.63) is 58.3 Å². The molecule has 4 amide bonds. The van der Waals surface area contributed by atoms with Gasteiger partial charge >= 0.3 is 6.03 Å². The molecule has 1 aliphatic carbocycles. The molecular weight excluding hydrogens is 422 g/mol. The van der Waals surface area contributed by atoms with E-state index in [4.69, 9.17) is 0 Å². The van der Waals surface area contributed by atoms with Gasteiger partial charge in [0.25, 0.3) is 5.91 Å². The Morgan fingerprint density at radius 2 is 1.84 bits per heavy atom. The van der Waals surface area contributed by atoms with Crippen molar-refractivity contribution in [1.29, 1.82) is 0 Å². The molecule has 1 aromatic heterocycles. The molecule has 1 aliphatic heterocycles. The van der Waals surface area contributed by atoms with Crippen LogP contribution in [0, 0.1) is 11.3 Å². The van der Waals surface area contributed by atoms with Gasteiger partial charge in [-0.25, -0.2) is 4.79 Å². The number of imide groups is 1. The summed E-state index contributed by atoms with van der Waals surface area (Å²) < 4.78 is 0. The predicted octanol–water partition coefficient (Wildman–Crippen LogP) is 4.48. The predicted molar refractivity (Wildman–Crippen MR) is 125 cm³/mol. The van der Waals surface area contributed by atoms with Gasteiger partial charge in [0.2, 0.25) is 5.91 Å². The van der Waals surface area contributed by atoms with Crippen molar-refractivity contribution in [2.45, 2.75) is 58.0 Å². The molecule has 4 rings (SSSR count). The largest absolute Gasteiger partial charge is 0.343 e. The normalized spacial score (nSPS) is 24.5. The number of carbonyl (C=O) groups excluding carboxylic acids is 3. The Balaban J connectivity index is 1.44. The second kappa shape index (κ2) is 8.70. The van der Waals surface area contributed by atoms with Crippen LogP contribution < -0.4 is 10.6 Å². The van der Waals surface area contributed by atoms with Crippen molar-refractivity contribution in [3.63, 3.8) is 0 Å². The molecule has 1 atom stereocenters. The summed E-state index contributed by atoms with van der Waals surface area (Å²) >= 11 is 1.56. The highest BCUT2D eigenvalue weighted by Gasteiger charge is 2.53. The zero-order valence-electron chi connectivity index (χ0n) is 18.9. The lowest BCUT2D eigenvalue weighted by Crippen LogP contribution is -2.51. The van der Waals surface area contributed by atoms with Crippen LogP contribution in [0.5, 0.6) is 0 Å². The van der Waals surface area contributed by atoms with Gasteiger partial charge in [0.05, 0.1) is 6.04 Å². The van der Waals surface area contributed by atoms with Crippen molar-refractivity contribution in [2.75, 3.05) is 6.54 Å². The van der Waals surface area contributed by atoms with E-state index in [0.29, 0.717) is 18.8 Å². The van der Waals surface area contributed by atoms with Gasteiger partial charge in [-0.05, 0) is 54.0 Å². The monoisotopic (exact) mass is 453 g/mol. The van der Waals surface area contributed by atoms with Crippen molar-refractivity contribution in [2.24, 2.45) is 11.3 Å². The van der Waals surface area contributed by atoms with Crippen LogP contribution in [0.2, 0.25) is 0 Å². The van der Waals surface area contributed by atoms with Crippen LogP contribution in [-0.2, 0) is 9.59 Å². The number of nitrogens with one attached hydrogen (secondary N) is 2. The molecule has 1 saturated heterocycles. The maximum atomic E-state index is 13.2. The summed E-state index contributed by atoms with van der Waals surface area (Å²) in [5.41, 5.74) is 0.282. The van der Waals surface area contributed by atoms with Crippen molar-refractivity contribution in [1.82, 2.24) is 15.5 Å². The zero-order valence-corrected chi connectivity index (χ0v) is 19.7. The molecule has 2 aliphatic rings. The third kappa shape index (κ3) is 4.44. The molecule has 170 valence electrons. The van der Waals surface area contributed by atoms with Crippen LogP contribution >= 0.6 is 11.3 Å². The zero-order chi connectivity index (χ0) is 22.9. The number of nitrogens with zero attached hydrogens (tertiary/aromatic N) is 1. The van der Waals surface area contributed by atoms with E-state index in [0.717, 1.165) is 28.2 Å². The van der Waals surface area contributed by atoms with Crippen LogP contribution in [0.25, 0.3) is 0 Å². The summed E-state index contributed by atoms with van der Waals surface area (Å²) in [7, 11) is 0. The van der Waals surface area contributed by atoms with Crippen LogP contribution in [0.1, 0.15) is 62.9 Å². The molecule has 32 heavy (non-hydrogen) atoms. The van der Waals surface area contributed by atoms with Gasteiger partial charge in [-0.1, -0.05) is 57.2 Å². The quantitative estimate of drug-likeness (QED) is 0.655. The fourth-order valence-electron chi connectivity index (χ4n) is 4.91. The molecule has 1 saturated carbocycles. The molecule has 2 heterocycles. The molecule has 6 nitrogen and oxygen atoms in total. The summed E-state index contributed by atoms with van der Waals surface area (Å²) in [6.07, 6.45) is 3.03. The average molecular weight is 454 g/mol. The Labute approximate surface area is 193 Å². The van der Waals surface area contributed by atoms with Gasteiger partial charge in [-0.3, -0.25) is 14.5 Å². The lowest BCUT2D eigenvalue weighted by atomic mass is 9.67. The summed E-state index contributed by atoms with van der Waals surface area (Å²) in [5, 5.41) is 7.90. The fraction of sp³-hybridized carbons (Fsp3) is 0.480. The van der Waals surface area contributed by atoms with Gasteiger partial charge < -0.3 is 10.6 Å². The minimum absolute atomic E-state index is 0.182. The van der Waals surface area contributed by atoms with Crippen molar-refractivity contribution in [3.8, 4) is 0 Å². The first-order chi connectivity index (χ1) is 15.2. The minimum atomic E-state index is -0.855. The molecule has 2 N–H and O–H groups in total. The number of amides is 4. The van der Waals surface area contributed by atoms with Crippen molar-refractivity contribution >= 4 is 29.2 Å². The van der Waals surface area contributed by atoms with E-state index in [9.17, 15) is 14.4 Å². The van der Waals surface area contributed by atoms with E-state index in [-0.39, 0.29) is 29.8 Å². The van der Waals surface area contributed by atoms with E-state index in [1.54, 1.807) is 11.3 Å². The fourth-order valence-corrected chi connectivity index (χ4v) is 5.71. The number of carbonyl (C=O) groups is 3. The Morgan fingerprint density at radius 1 is 1.16 bits per heavy atom. The third-order valence-corrected chi connectivity index (χ3v) is 7.81. The number of rotatable bonds is 5. The lowest BCUT2D eigenvalue weighted by molar-refractivity contribution is -0.136. The van der Waals surface area contributed by atoms with Gasteiger partial charge in [0.1, 0.15) is 12.1 Å². The molecule has 2 aromatic rings. The molecule has 0 radical (unpaired) electrons. The smallest absolute Gasteiger partial charge is 0.325 e. The van der Waals surface area contributed by atoms with E-state index in [2.05, 4.69) is 31.4 Å². The maximum Gasteiger partial charge on any atom is 0.325 e. The van der Waals surface area contributed by atoms with Crippen molar-refractivity contribution < 1.29 is 14.4 Å². The highest BCUT2D eigenvalue weighted by atomic mass is 32.1. The number of urea groups is 1. The van der Waals surface area contributed by atoms with Crippen LogP contribution in [-0.4, -0.2) is 34.8 Å². The van der Waals surface area contributed by atoms with E-state index in [1.807, 2.05) is 47.8 Å². The van der Waals surface area contributed by atoms with E-state index in [1.165, 1.54) is 0 Å². The second-order valence-corrected chi connectivity index (χ2v) is 10.9. The van der Waals surface area contributed by atoms with Gasteiger partial charge in [0.15, 0.2) is 0 Å². The highest BCUT2D eigenvalue weighted by Crippen LogP contribution is 2.43. The van der Waals surface area contributed by atoms with Gasteiger partial charge in [0, 0.05) is 4.88 Å². The van der Waals surface area contributed by atoms with Crippen LogP contribution in [0.15, 0.2) is 47.8 Å². The van der Waals surface area contributed by atoms with Crippen LogP contribution in [0.3, 0.4) is 0 Å². The number of hydrogen-bond acceptors (Lipinski definition) is 4. The Hall–Kier alpha value is -2.67. The van der Waals surface area contributed by atoms with E-state index >= 15 is 0 Å². The molecule has 2 fully saturated rings. The summed E-state index contributed by atoms with van der Waals surface area (Å²) in [6, 6.07) is 12.8. The third-order valence-electron chi connectivity index (χ3n) is 6.88. The SMILES string of the molecule is CC(C)(C)C1CCC2(CC1)NC(=O)N(CC(=O)NC(c1ccccc1)c1cccs1)C2=O. The topological polar surface area (TPSA) is 78.5 Å². The lowest BCUT2D eigenvalue weighted by Gasteiger charge is -2.40. The summed E-state index contributed by atoms with van der Waals surface area (Å²) in [5.74, 6) is -0.0961. The van der Waals surface area contributed by atoms with Gasteiger partial charge in [-0.15, -0.1) is 11.3 Å². The first-order valence-electron chi connectivity index (χ1n) is 11.2. The summed E-state index contributed by atoms with van der Waals surface area (Å²) in [6.45, 7) is 6.39. The Kier molecular flexibility index (Phi) is 6.12. The second-order valence-electron chi connectivity index (χ2n) is 9.97. The first kappa shape index (κ1) is 22.5. The Bertz CT molecular complexity index is 974. The number of hydrogen-bond donors (Lipinski definition) is 2. The molecule has 7 heteroatoms. The molecule has 1 spiro atoms. The minimum Gasteiger partial charge on any atom is -0.343 e. The van der Waals surface area contributed by atoms with Gasteiger partial charge in [-0.2, -0.15) is 0 Å². The summed E-state index contributed by atoms with van der Waals surface area (Å²) in [4.78, 5) is 40.9. The highest BCUT2D eigenvalue weighted by molar-refractivity contribution is 7.10. The van der Waals surface area contributed by atoms with E-state index < -0.39 is 11.6 Å². The molecular formula is C25H31N3O3S. The maximum absolute atomic E-state index is 13.2. The molecule has 1 unspecified atom stereocenters. The first-order valence-corrected chi connectivity index (χ1v) is 12.1. The standard InChI is InChI=1S/C25H31N3O3S/c1-24(2,3)18-11-13-25(14-12-18)22(30)28(23(31)27-25)16-20(29)26-21(19-10-7-15-32-19)17-8-5-4-6-9-17/h4-10,15,18,21H,11-14,16H2,1-3H3,(H,26,29)(H,27,31).